The molecule has 3 fully saturated rings. The maximum absolute atomic E-state index is 10.7. The number of hydrogen-bond donors (Lipinski definition) is 1. The second kappa shape index (κ2) is 2.98. The average Bonchev–Trinajstić information content (AvgIpc) is 2.80. The van der Waals surface area contributed by atoms with Crippen LogP contribution in [0, 0.1) is 23.7 Å². The van der Waals surface area contributed by atoms with E-state index in [9.17, 15) is 5.11 Å². The Balaban J connectivity index is 1.76. The van der Waals surface area contributed by atoms with Crippen molar-refractivity contribution >= 4 is 0 Å². The fourth-order valence-corrected chi connectivity index (χ4v) is 4.54. The SMILES string of the molecule is CC1CCC(O)(C2CC3CCC2C3)C1. The molecule has 1 N–H and O–H groups in total. The molecule has 0 aromatic carbocycles. The quantitative estimate of drug-likeness (QED) is 0.680. The highest BCUT2D eigenvalue weighted by molar-refractivity contribution is 5.02. The molecule has 5 unspecified atom stereocenters. The van der Waals surface area contributed by atoms with Crippen LogP contribution in [0.1, 0.15) is 51.9 Å². The average molecular weight is 194 g/mol. The first kappa shape index (κ1) is 9.21. The summed E-state index contributed by atoms with van der Waals surface area (Å²) in [6, 6.07) is 0. The Morgan fingerprint density at radius 2 is 2.00 bits per heavy atom. The molecule has 3 aliphatic rings. The molecule has 0 saturated heterocycles. The van der Waals surface area contributed by atoms with Crippen LogP contribution in [-0.4, -0.2) is 10.7 Å². The highest BCUT2D eigenvalue weighted by Gasteiger charge is 2.51. The summed E-state index contributed by atoms with van der Waals surface area (Å²) in [5.74, 6) is 3.30. The molecule has 80 valence electrons. The second-order valence-corrected chi connectivity index (χ2v) is 6.23. The maximum atomic E-state index is 10.7. The Morgan fingerprint density at radius 3 is 2.50 bits per heavy atom. The van der Waals surface area contributed by atoms with Crippen LogP contribution in [0.5, 0.6) is 0 Å². The second-order valence-electron chi connectivity index (χ2n) is 6.23. The third-order valence-corrected chi connectivity index (χ3v) is 5.20. The van der Waals surface area contributed by atoms with E-state index in [2.05, 4.69) is 6.92 Å². The summed E-state index contributed by atoms with van der Waals surface area (Å²) < 4.78 is 0. The Bertz CT molecular complexity index is 237. The minimum Gasteiger partial charge on any atom is -0.390 e. The van der Waals surface area contributed by atoms with Crippen LogP contribution >= 0.6 is 0 Å². The van der Waals surface area contributed by atoms with Gasteiger partial charge >= 0.3 is 0 Å². The Hall–Kier alpha value is -0.0400. The van der Waals surface area contributed by atoms with Crippen LogP contribution in [-0.2, 0) is 0 Å². The van der Waals surface area contributed by atoms with Crippen molar-refractivity contribution in [3.8, 4) is 0 Å². The van der Waals surface area contributed by atoms with Gasteiger partial charge in [0.05, 0.1) is 5.60 Å². The monoisotopic (exact) mass is 194 g/mol. The molecule has 3 saturated carbocycles. The van der Waals surface area contributed by atoms with E-state index in [1.54, 1.807) is 0 Å². The molecule has 0 amide bonds. The molecule has 0 aromatic heterocycles. The van der Waals surface area contributed by atoms with Crippen molar-refractivity contribution < 1.29 is 5.11 Å². The molecule has 0 aromatic rings. The van der Waals surface area contributed by atoms with Crippen LogP contribution in [0.25, 0.3) is 0 Å². The van der Waals surface area contributed by atoms with Crippen molar-refractivity contribution in [2.45, 2.75) is 57.5 Å². The lowest BCUT2D eigenvalue weighted by atomic mass is 9.75. The standard InChI is InChI=1S/C13H22O/c1-9-4-5-13(14,8-9)12-7-10-2-3-11(12)6-10/h9-12,14H,2-8H2,1H3. The van der Waals surface area contributed by atoms with Gasteiger partial charge in [0.15, 0.2) is 0 Å². The molecule has 14 heavy (non-hydrogen) atoms. The molecule has 0 radical (unpaired) electrons. The van der Waals surface area contributed by atoms with E-state index in [4.69, 9.17) is 0 Å². The molecule has 3 aliphatic carbocycles. The summed E-state index contributed by atoms with van der Waals surface area (Å²) in [4.78, 5) is 0. The Kier molecular flexibility index (Phi) is 1.96. The summed E-state index contributed by atoms with van der Waals surface area (Å²) in [6.45, 7) is 2.30. The molecule has 5 atom stereocenters. The molecule has 0 aliphatic heterocycles. The molecule has 0 spiro atoms. The van der Waals surface area contributed by atoms with Crippen molar-refractivity contribution in [3.05, 3.63) is 0 Å². The van der Waals surface area contributed by atoms with Crippen LogP contribution in [0.2, 0.25) is 0 Å². The van der Waals surface area contributed by atoms with Gasteiger partial charge in [-0.15, -0.1) is 0 Å². The van der Waals surface area contributed by atoms with Crippen molar-refractivity contribution in [1.29, 1.82) is 0 Å². The number of fused-ring (bicyclic) bond motifs is 2. The minimum absolute atomic E-state index is 0.251. The lowest BCUT2D eigenvalue weighted by Gasteiger charge is -2.36. The van der Waals surface area contributed by atoms with Gasteiger partial charge in [0.2, 0.25) is 0 Å². The van der Waals surface area contributed by atoms with Gasteiger partial charge < -0.3 is 5.11 Å². The first-order valence-corrected chi connectivity index (χ1v) is 6.40. The van der Waals surface area contributed by atoms with Crippen molar-refractivity contribution in [2.75, 3.05) is 0 Å². The first-order chi connectivity index (χ1) is 6.67. The molecule has 1 heteroatoms. The zero-order valence-electron chi connectivity index (χ0n) is 9.21. The van der Waals surface area contributed by atoms with E-state index in [-0.39, 0.29) is 5.60 Å². The zero-order chi connectivity index (χ0) is 9.76. The zero-order valence-corrected chi connectivity index (χ0v) is 9.21. The summed E-state index contributed by atoms with van der Waals surface area (Å²) in [6.07, 6.45) is 9.06. The Labute approximate surface area is 86.9 Å². The van der Waals surface area contributed by atoms with Gasteiger partial charge in [0.25, 0.3) is 0 Å². The smallest absolute Gasteiger partial charge is 0.0681 e. The van der Waals surface area contributed by atoms with Gasteiger partial charge in [-0.05, 0) is 62.2 Å². The molecule has 1 nitrogen and oxygen atoms in total. The lowest BCUT2D eigenvalue weighted by Crippen LogP contribution is -2.38. The van der Waals surface area contributed by atoms with E-state index in [0.29, 0.717) is 5.92 Å². The summed E-state index contributed by atoms with van der Waals surface area (Å²) in [7, 11) is 0. The van der Waals surface area contributed by atoms with E-state index >= 15 is 0 Å². The molecular weight excluding hydrogens is 172 g/mol. The van der Waals surface area contributed by atoms with Gasteiger partial charge in [-0.3, -0.25) is 0 Å². The molecule has 2 bridgehead atoms. The normalized spacial score (nSPS) is 57.0. The topological polar surface area (TPSA) is 20.2 Å². The number of hydrogen-bond acceptors (Lipinski definition) is 1. The summed E-state index contributed by atoms with van der Waals surface area (Å²) in [5.41, 5.74) is -0.251. The van der Waals surface area contributed by atoms with E-state index in [0.717, 1.165) is 30.6 Å². The molecule has 0 heterocycles. The first-order valence-electron chi connectivity index (χ1n) is 6.40. The summed E-state index contributed by atoms with van der Waals surface area (Å²) >= 11 is 0. The van der Waals surface area contributed by atoms with Crippen molar-refractivity contribution in [1.82, 2.24) is 0 Å². The van der Waals surface area contributed by atoms with Crippen LogP contribution in [0.3, 0.4) is 0 Å². The van der Waals surface area contributed by atoms with Gasteiger partial charge in [0.1, 0.15) is 0 Å². The van der Waals surface area contributed by atoms with Gasteiger partial charge in [-0.2, -0.15) is 0 Å². The predicted octanol–water partition coefficient (Wildman–Crippen LogP) is 2.97. The van der Waals surface area contributed by atoms with Gasteiger partial charge in [-0.1, -0.05) is 13.3 Å². The fourth-order valence-electron chi connectivity index (χ4n) is 4.54. The summed E-state index contributed by atoms with van der Waals surface area (Å²) in [5, 5.41) is 10.7. The third-order valence-electron chi connectivity index (χ3n) is 5.20. The third kappa shape index (κ3) is 1.25. The highest BCUT2D eigenvalue weighted by atomic mass is 16.3. The van der Waals surface area contributed by atoms with E-state index < -0.39 is 0 Å². The molecule has 3 rings (SSSR count). The lowest BCUT2D eigenvalue weighted by molar-refractivity contribution is -0.0371. The predicted molar refractivity (Wildman–Crippen MR) is 56.9 cm³/mol. The van der Waals surface area contributed by atoms with Crippen LogP contribution in [0.15, 0.2) is 0 Å². The highest BCUT2D eigenvalue weighted by Crippen LogP contribution is 2.56. The van der Waals surface area contributed by atoms with Crippen molar-refractivity contribution in [3.63, 3.8) is 0 Å². The van der Waals surface area contributed by atoms with Gasteiger partial charge in [-0.25, -0.2) is 0 Å². The van der Waals surface area contributed by atoms with Crippen molar-refractivity contribution in [2.24, 2.45) is 23.7 Å². The molecular formula is C13H22O. The number of aliphatic hydroxyl groups is 1. The fraction of sp³-hybridized carbons (Fsp3) is 1.00. The van der Waals surface area contributed by atoms with E-state index in [1.807, 2.05) is 0 Å². The Morgan fingerprint density at radius 1 is 1.14 bits per heavy atom. The minimum atomic E-state index is -0.251. The van der Waals surface area contributed by atoms with Crippen LogP contribution in [0.4, 0.5) is 0 Å². The largest absolute Gasteiger partial charge is 0.390 e. The number of rotatable bonds is 1. The van der Waals surface area contributed by atoms with Crippen LogP contribution < -0.4 is 0 Å². The van der Waals surface area contributed by atoms with E-state index in [1.165, 1.54) is 32.1 Å². The maximum Gasteiger partial charge on any atom is 0.0681 e. The van der Waals surface area contributed by atoms with Gasteiger partial charge in [0, 0.05) is 0 Å².